The van der Waals surface area contributed by atoms with Crippen LogP contribution >= 0.6 is 11.6 Å². The number of rotatable bonds is 3. The van der Waals surface area contributed by atoms with Gasteiger partial charge in [0.2, 0.25) is 0 Å². The van der Waals surface area contributed by atoms with Crippen molar-refractivity contribution >= 4 is 28.9 Å². The standard InChI is InChI=1S/C15H15ClN2O/c1-10-9-11(3-8-14(10)17-2)15(19)18-13-6-4-12(16)5-7-13/h3-9,17H,1-2H3,(H,18,19). The molecule has 2 aromatic carbocycles. The van der Waals surface area contributed by atoms with E-state index < -0.39 is 0 Å². The van der Waals surface area contributed by atoms with Crippen LogP contribution in [0.15, 0.2) is 42.5 Å². The van der Waals surface area contributed by atoms with Gasteiger partial charge in [-0.2, -0.15) is 0 Å². The van der Waals surface area contributed by atoms with Crippen molar-refractivity contribution in [3.05, 3.63) is 58.6 Å². The molecule has 0 aliphatic rings. The van der Waals surface area contributed by atoms with E-state index in [1.165, 1.54) is 0 Å². The van der Waals surface area contributed by atoms with Crippen LogP contribution in [-0.4, -0.2) is 13.0 Å². The second-order valence-corrected chi connectivity index (χ2v) is 4.68. The Labute approximate surface area is 117 Å². The highest BCUT2D eigenvalue weighted by Gasteiger charge is 2.07. The minimum atomic E-state index is -0.131. The number of hydrogen-bond donors (Lipinski definition) is 2. The zero-order chi connectivity index (χ0) is 13.8. The molecule has 0 saturated heterocycles. The van der Waals surface area contributed by atoms with Gasteiger partial charge in [-0.05, 0) is 55.0 Å². The van der Waals surface area contributed by atoms with Crippen molar-refractivity contribution in [1.29, 1.82) is 0 Å². The second kappa shape index (κ2) is 5.76. The zero-order valence-corrected chi connectivity index (χ0v) is 11.6. The van der Waals surface area contributed by atoms with E-state index in [2.05, 4.69) is 10.6 Å². The third-order valence-corrected chi connectivity index (χ3v) is 3.11. The van der Waals surface area contributed by atoms with E-state index in [0.29, 0.717) is 10.6 Å². The molecule has 3 nitrogen and oxygen atoms in total. The van der Waals surface area contributed by atoms with Gasteiger partial charge in [-0.1, -0.05) is 11.6 Å². The molecule has 0 saturated carbocycles. The number of amides is 1. The summed E-state index contributed by atoms with van der Waals surface area (Å²) in [7, 11) is 1.86. The van der Waals surface area contributed by atoms with E-state index in [-0.39, 0.29) is 5.91 Å². The molecule has 2 N–H and O–H groups in total. The first-order valence-corrected chi connectivity index (χ1v) is 6.33. The molecule has 2 aromatic rings. The Hall–Kier alpha value is -2.00. The monoisotopic (exact) mass is 274 g/mol. The average molecular weight is 275 g/mol. The van der Waals surface area contributed by atoms with Gasteiger partial charge < -0.3 is 10.6 Å². The molecule has 0 unspecified atom stereocenters. The van der Waals surface area contributed by atoms with Crippen LogP contribution < -0.4 is 10.6 Å². The molecule has 19 heavy (non-hydrogen) atoms. The molecule has 2 rings (SSSR count). The van der Waals surface area contributed by atoms with Crippen LogP contribution in [0.25, 0.3) is 0 Å². The maximum atomic E-state index is 12.1. The normalized spacial score (nSPS) is 10.1. The molecule has 98 valence electrons. The summed E-state index contributed by atoms with van der Waals surface area (Å²) in [5.74, 6) is -0.131. The van der Waals surface area contributed by atoms with Crippen LogP contribution in [0.5, 0.6) is 0 Å². The number of aryl methyl sites for hydroxylation is 1. The number of halogens is 1. The van der Waals surface area contributed by atoms with Gasteiger partial charge in [0.15, 0.2) is 0 Å². The summed E-state index contributed by atoms with van der Waals surface area (Å²) in [6.07, 6.45) is 0. The van der Waals surface area contributed by atoms with Crippen molar-refractivity contribution in [2.24, 2.45) is 0 Å². The van der Waals surface area contributed by atoms with Crippen LogP contribution in [-0.2, 0) is 0 Å². The Balaban J connectivity index is 2.16. The molecular weight excluding hydrogens is 260 g/mol. The molecular formula is C15H15ClN2O. The highest BCUT2D eigenvalue weighted by molar-refractivity contribution is 6.30. The summed E-state index contributed by atoms with van der Waals surface area (Å²) in [6.45, 7) is 1.96. The van der Waals surface area contributed by atoms with Crippen molar-refractivity contribution in [2.45, 2.75) is 6.92 Å². The van der Waals surface area contributed by atoms with Crippen LogP contribution in [0.2, 0.25) is 5.02 Å². The zero-order valence-electron chi connectivity index (χ0n) is 10.8. The van der Waals surface area contributed by atoms with Crippen LogP contribution in [0.3, 0.4) is 0 Å². The van der Waals surface area contributed by atoms with Gasteiger partial charge in [0.1, 0.15) is 0 Å². The molecule has 0 fully saturated rings. The average Bonchev–Trinajstić information content (AvgIpc) is 2.41. The Morgan fingerprint density at radius 3 is 2.37 bits per heavy atom. The van der Waals surface area contributed by atoms with Crippen LogP contribution in [0.4, 0.5) is 11.4 Å². The molecule has 0 radical (unpaired) electrons. The van der Waals surface area contributed by atoms with Crippen molar-refractivity contribution in [3.63, 3.8) is 0 Å². The lowest BCUT2D eigenvalue weighted by atomic mass is 10.1. The van der Waals surface area contributed by atoms with Crippen LogP contribution in [0, 0.1) is 6.92 Å². The number of hydrogen-bond acceptors (Lipinski definition) is 2. The topological polar surface area (TPSA) is 41.1 Å². The molecule has 0 aliphatic heterocycles. The lowest BCUT2D eigenvalue weighted by Gasteiger charge is -2.09. The van der Waals surface area contributed by atoms with Crippen molar-refractivity contribution < 1.29 is 4.79 Å². The molecule has 0 atom stereocenters. The number of nitrogens with one attached hydrogen (secondary N) is 2. The van der Waals surface area contributed by atoms with Crippen LogP contribution in [0.1, 0.15) is 15.9 Å². The first-order valence-electron chi connectivity index (χ1n) is 5.95. The number of benzene rings is 2. The lowest BCUT2D eigenvalue weighted by molar-refractivity contribution is 0.102. The SMILES string of the molecule is CNc1ccc(C(=O)Nc2ccc(Cl)cc2)cc1C. The highest BCUT2D eigenvalue weighted by atomic mass is 35.5. The second-order valence-electron chi connectivity index (χ2n) is 4.24. The summed E-state index contributed by atoms with van der Waals surface area (Å²) < 4.78 is 0. The fourth-order valence-corrected chi connectivity index (χ4v) is 1.95. The fourth-order valence-electron chi connectivity index (χ4n) is 1.82. The third kappa shape index (κ3) is 3.26. The van der Waals surface area contributed by atoms with E-state index in [9.17, 15) is 4.79 Å². The summed E-state index contributed by atoms with van der Waals surface area (Å²) in [6, 6.07) is 12.6. The first kappa shape index (κ1) is 13.4. The predicted octanol–water partition coefficient (Wildman–Crippen LogP) is 3.94. The number of carbonyl (C=O) groups is 1. The largest absolute Gasteiger partial charge is 0.388 e. The van der Waals surface area contributed by atoms with Gasteiger partial charge in [0.05, 0.1) is 0 Å². The van der Waals surface area contributed by atoms with E-state index >= 15 is 0 Å². The van der Waals surface area contributed by atoms with E-state index in [1.54, 1.807) is 30.3 Å². The summed E-state index contributed by atoms with van der Waals surface area (Å²) >= 11 is 5.80. The third-order valence-electron chi connectivity index (χ3n) is 2.86. The molecule has 0 heterocycles. The Kier molecular flexibility index (Phi) is 4.07. The lowest BCUT2D eigenvalue weighted by Crippen LogP contribution is -2.12. The Bertz CT molecular complexity index is 594. The Morgan fingerprint density at radius 2 is 1.79 bits per heavy atom. The van der Waals surface area contributed by atoms with Gasteiger partial charge in [0.25, 0.3) is 5.91 Å². The molecule has 0 bridgehead atoms. The van der Waals surface area contributed by atoms with Crippen molar-refractivity contribution in [2.75, 3.05) is 17.7 Å². The van der Waals surface area contributed by atoms with E-state index in [4.69, 9.17) is 11.6 Å². The molecule has 0 aliphatic carbocycles. The van der Waals surface area contributed by atoms with Gasteiger partial charge in [-0.15, -0.1) is 0 Å². The minimum Gasteiger partial charge on any atom is -0.388 e. The minimum absolute atomic E-state index is 0.131. The molecule has 0 spiro atoms. The van der Waals surface area contributed by atoms with Crippen molar-refractivity contribution in [1.82, 2.24) is 0 Å². The summed E-state index contributed by atoms with van der Waals surface area (Å²) in [4.78, 5) is 12.1. The summed E-state index contributed by atoms with van der Waals surface area (Å²) in [5, 5.41) is 6.55. The maximum absolute atomic E-state index is 12.1. The highest BCUT2D eigenvalue weighted by Crippen LogP contribution is 2.18. The number of carbonyl (C=O) groups excluding carboxylic acids is 1. The first-order chi connectivity index (χ1) is 9.10. The quantitative estimate of drug-likeness (QED) is 0.890. The van der Waals surface area contributed by atoms with Crippen molar-refractivity contribution in [3.8, 4) is 0 Å². The fraction of sp³-hybridized carbons (Fsp3) is 0.133. The molecule has 0 aromatic heterocycles. The number of anilines is 2. The van der Waals surface area contributed by atoms with Gasteiger partial charge >= 0.3 is 0 Å². The van der Waals surface area contributed by atoms with Gasteiger partial charge in [-0.3, -0.25) is 4.79 Å². The van der Waals surface area contributed by atoms with E-state index in [1.807, 2.05) is 26.1 Å². The maximum Gasteiger partial charge on any atom is 0.255 e. The summed E-state index contributed by atoms with van der Waals surface area (Å²) in [5.41, 5.74) is 3.41. The smallest absolute Gasteiger partial charge is 0.255 e. The molecule has 1 amide bonds. The predicted molar refractivity (Wildman–Crippen MR) is 80.1 cm³/mol. The Morgan fingerprint density at radius 1 is 1.11 bits per heavy atom. The van der Waals surface area contributed by atoms with E-state index in [0.717, 1.165) is 16.9 Å². The van der Waals surface area contributed by atoms with Gasteiger partial charge in [0, 0.05) is 29.0 Å². The van der Waals surface area contributed by atoms with Gasteiger partial charge in [-0.25, -0.2) is 0 Å². The molecule has 4 heteroatoms.